The molecule has 0 amide bonds. The number of nitrogens with two attached hydrogens (primary N) is 1. The van der Waals surface area contributed by atoms with Crippen molar-refractivity contribution in [2.45, 2.75) is 44.3 Å². The zero-order valence-electron chi connectivity index (χ0n) is 10.1. The van der Waals surface area contributed by atoms with Gasteiger partial charge in [-0.1, -0.05) is 0 Å². The fourth-order valence-corrected chi connectivity index (χ4v) is 5.18. The Hall–Kier alpha value is 0.1000. The molecule has 0 spiro atoms. The molecule has 4 unspecified atom stereocenters. The maximum Gasteiger partial charge on any atom is 0.0702 e. The van der Waals surface area contributed by atoms with Crippen LogP contribution in [-0.4, -0.2) is 23.5 Å². The van der Waals surface area contributed by atoms with E-state index >= 15 is 0 Å². The van der Waals surface area contributed by atoms with Gasteiger partial charge in [-0.15, -0.1) is 11.3 Å². The van der Waals surface area contributed by atoms with Gasteiger partial charge < -0.3 is 5.73 Å². The summed E-state index contributed by atoms with van der Waals surface area (Å²) in [7, 11) is 0. The topological polar surface area (TPSA) is 29.3 Å². The third-order valence-corrected chi connectivity index (χ3v) is 5.89. The fourth-order valence-electron chi connectivity index (χ4n) is 3.52. The van der Waals surface area contributed by atoms with Crippen molar-refractivity contribution in [3.05, 3.63) is 20.8 Å². The minimum absolute atomic E-state index is 0.208. The van der Waals surface area contributed by atoms with E-state index in [4.69, 9.17) is 5.73 Å². The summed E-state index contributed by atoms with van der Waals surface area (Å²) in [6.45, 7) is 3.40. The predicted molar refractivity (Wildman–Crippen MR) is 76.2 cm³/mol. The smallest absolute Gasteiger partial charge is 0.0702 e. The first-order valence-electron chi connectivity index (χ1n) is 6.41. The molecule has 0 radical (unpaired) electrons. The van der Waals surface area contributed by atoms with Crippen molar-refractivity contribution in [1.29, 1.82) is 0 Å². The molecule has 1 aliphatic heterocycles. The summed E-state index contributed by atoms with van der Waals surface area (Å²) in [5.74, 6) is 0.935. The quantitative estimate of drug-likeness (QED) is 0.926. The molecule has 17 heavy (non-hydrogen) atoms. The molecule has 94 valence electrons. The Balaban J connectivity index is 1.86. The summed E-state index contributed by atoms with van der Waals surface area (Å²) >= 11 is 5.39. The Morgan fingerprint density at radius 1 is 1.47 bits per heavy atom. The lowest BCUT2D eigenvalue weighted by Gasteiger charge is -2.36. The normalized spacial score (nSPS) is 31.9. The van der Waals surface area contributed by atoms with Crippen LogP contribution in [0.25, 0.3) is 0 Å². The van der Waals surface area contributed by atoms with E-state index in [-0.39, 0.29) is 6.04 Å². The number of piperidine rings is 1. The van der Waals surface area contributed by atoms with E-state index in [1.807, 2.05) is 11.3 Å². The van der Waals surface area contributed by atoms with E-state index in [1.165, 1.54) is 34.5 Å². The lowest BCUT2D eigenvalue weighted by molar-refractivity contribution is 0.135. The molecular weight excluding hydrogens is 296 g/mol. The second-order valence-corrected chi connectivity index (χ2v) is 7.97. The van der Waals surface area contributed by atoms with Crippen molar-refractivity contribution in [2.75, 3.05) is 6.54 Å². The maximum absolute atomic E-state index is 6.24. The number of nitrogens with zero attached hydrogens (tertiary/aromatic N) is 1. The zero-order valence-corrected chi connectivity index (χ0v) is 12.5. The highest BCUT2D eigenvalue weighted by Crippen LogP contribution is 2.44. The molecule has 1 aliphatic carbocycles. The van der Waals surface area contributed by atoms with E-state index in [9.17, 15) is 0 Å². The predicted octanol–water partition coefficient (Wildman–Crippen LogP) is 3.38. The molecule has 4 heteroatoms. The molecule has 1 aromatic heterocycles. The van der Waals surface area contributed by atoms with E-state index in [1.54, 1.807) is 0 Å². The lowest BCUT2D eigenvalue weighted by atomic mass is 10.0. The minimum atomic E-state index is 0.208. The summed E-state index contributed by atoms with van der Waals surface area (Å²) < 4.78 is 1.21. The van der Waals surface area contributed by atoms with Gasteiger partial charge in [-0.2, -0.15) is 0 Å². The monoisotopic (exact) mass is 314 g/mol. The third kappa shape index (κ3) is 2.21. The van der Waals surface area contributed by atoms with Crippen LogP contribution in [0.2, 0.25) is 0 Å². The van der Waals surface area contributed by atoms with E-state index in [0.717, 1.165) is 12.0 Å². The number of fused-ring (bicyclic) bond motifs is 2. The molecular formula is C13H19BrN2S. The van der Waals surface area contributed by atoms with Gasteiger partial charge in [0, 0.05) is 23.5 Å². The van der Waals surface area contributed by atoms with Crippen molar-refractivity contribution in [1.82, 2.24) is 4.90 Å². The van der Waals surface area contributed by atoms with Crippen LogP contribution in [0.5, 0.6) is 0 Å². The third-order valence-electron chi connectivity index (χ3n) is 4.19. The van der Waals surface area contributed by atoms with Crippen molar-refractivity contribution in [2.24, 2.45) is 11.7 Å². The number of hydrogen-bond acceptors (Lipinski definition) is 3. The number of rotatable bonds is 3. The van der Waals surface area contributed by atoms with Crippen molar-refractivity contribution >= 4 is 27.3 Å². The molecule has 2 fully saturated rings. The Morgan fingerprint density at radius 3 is 2.76 bits per heavy atom. The standard InChI is InChI=1S/C13H19BrN2S/c1-8(15)13(11-4-5-12(14)17-11)16-7-9-2-3-10(16)6-9/h4-5,8-10,13H,2-3,6-7,15H2,1H3. The van der Waals surface area contributed by atoms with Gasteiger partial charge in [0.15, 0.2) is 0 Å². The van der Waals surface area contributed by atoms with Gasteiger partial charge in [-0.3, -0.25) is 4.90 Å². The van der Waals surface area contributed by atoms with Crippen molar-refractivity contribution < 1.29 is 0 Å². The van der Waals surface area contributed by atoms with Crippen molar-refractivity contribution in [3.63, 3.8) is 0 Å². The highest BCUT2D eigenvalue weighted by atomic mass is 79.9. The van der Waals surface area contributed by atoms with Gasteiger partial charge in [0.05, 0.1) is 9.83 Å². The van der Waals surface area contributed by atoms with Crippen LogP contribution in [0.15, 0.2) is 15.9 Å². The first-order valence-corrected chi connectivity index (χ1v) is 8.02. The molecule has 2 N–H and O–H groups in total. The first-order chi connectivity index (χ1) is 8.15. The van der Waals surface area contributed by atoms with Crippen LogP contribution in [0, 0.1) is 5.92 Å². The molecule has 0 aromatic carbocycles. The molecule has 3 rings (SSSR count). The Bertz CT molecular complexity index is 404. The first kappa shape index (κ1) is 12.2. The largest absolute Gasteiger partial charge is 0.326 e. The summed E-state index contributed by atoms with van der Waals surface area (Å²) in [4.78, 5) is 4.08. The molecule has 1 aromatic rings. The average Bonchev–Trinajstić information content (AvgIpc) is 2.94. The summed E-state index contributed by atoms with van der Waals surface area (Å²) in [5, 5.41) is 0. The molecule has 2 aliphatic rings. The fraction of sp³-hybridized carbons (Fsp3) is 0.692. The molecule has 4 atom stereocenters. The Morgan fingerprint density at radius 2 is 2.29 bits per heavy atom. The van der Waals surface area contributed by atoms with Crippen LogP contribution in [0.4, 0.5) is 0 Å². The second kappa shape index (κ2) is 4.65. The van der Waals surface area contributed by atoms with Crippen LogP contribution >= 0.6 is 27.3 Å². The van der Waals surface area contributed by atoms with Crippen LogP contribution < -0.4 is 5.73 Å². The summed E-state index contributed by atoms with van der Waals surface area (Å²) in [6, 6.07) is 5.79. The number of halogens is 1. The van der Waals surface area contributed by atoms with E-state index in [2.05, 4.69) is 39.9 Å². The zero-order chi connectivity index (χ0) is 12.0. The second-order valence-electron chi connectivity index (χ2n) is 5.48. The minimum Gasteiger partial charge on any atom is -0.326 e. The maximum atomic E-state index is 6.24. The van der Waals surface area contributed by atoms with Gasteiger partial charge in [-0.25, -0.2) is 0 Å². The SMILES string of the molecule is CC(N)C(c1ccc(Br)s1)N1CC2CCC1C2. The van der Waals surface area contributed by atoms with Gasteiger partial charge in [0.25, 0.3) is 0 Å². The molecule has 1 saturated heterocycles. The number of hydrogen-bond donors (Lipinski definition) is 1. The Labute approximate surface area is 115 Å². The average molecular weight is 315 g/mol. The van der Waals surface area contributed by atoms with Crippen LogP contribution in [-0.2, 0) is 0 Å². The Kier molecular flexibility index (Phi) is 3.32. The highest BCUT2D eigenvalue weighted by Gasteiger charge is 2.42. The van der Waals surface area contributed by atoms with Crippen LogP contribution in [0.1, 0.15) is 37.1 Å². The molecule has 2 heterocycles. The van der Waals surface area contributed by atoms with E-state index in [0.29, 0.717) is 6.04 Å². The molecule has 2 bridgehead atoms. The number of likely N-dealkylation sites (tertiary alicyclic amines) is 1. The van der Waals surface area contributed by atoms with E-state index < -0.39 is 0 Å². The lowest BCUT2D eigenvalue weighted by Crippen LogP contribution is -2.43. The van der Waals surface area contributed by atoms with Gasteiger partial charge in [0.2, 0.25) is 0 Å². The van der Waals surface area contributed by atoms with Gasteiger partial charge >= 0.3 is 0 Å². The van der Waals surface area contributed by atoms with Crippen molar-refractivity contribution in [3.8, 4) is 0 Å². The summed E-state index contributed by atoms with van der Waals surface area (Å²) in [5.41, 5.74) is 6.24. The molecule has 1 saturated carbocycles. The van der Waals surface area contributed by atoms with Gasteiger partial charge in [0.1, 0.15) is 0 Å². The van der Waals surface area contributed by atoms with Crippen LogP contribution in [0.3, 0.4) is 0 Å². The number of thiophene rings is 1. The highest BCUT2D eigenvalue weighted by molar-refractivity contribution is 9.11. The summed E-state index contributed by atoms with van der Waals surface area (Å²) in [6.07, 6.45) is 4.21. The molecule has 2 nitrogen and oxygen atoms in total. The van der Waals surface area contributed by atoms with Gasteiger partial charge in [-0.05, 0) is 60.2 Å².